The summed E-state index contributed by atoms with van der Waals surface area (Å²) in [6, 6.07) is 0. The van der Waals surface area contributed by atoms with Gasteiger partial charge in [0.15, 0.2) is 10.8 Å². The molecule has 0 bridgehead atoms. The highest BCUT2D eigenvalue weighted by Gasteiger charge is 2.39. The van der Waals surface area contributed by atoms with Gasteiger partial charge in [0.25, 0.3) is 0 Å². The van der Waals surface area contributed by atoms with Gasteiger partial charge < -0.3 is 5.32 Å². The summed E-state index contributed by atoms with van der Waals surface area (Å²) < 4.78 is 37.3. The number of halogens is 3. The minimum Gasteiger partial charge on any atom is -0.317 e. The number of thiazole rings is 1. The third-order valence-electron chi connectivity index (χ3n) is 3.23. The first-order valence-electron chi connectivity index (χ1n) is 5.61. The number of nitrogens with zero attached hydrogens (tertiary/aromatic N) is 1. The predicted molar refractivity (Wildman–Crippen MR) is 61.7 cm³/mol. The van der Waals surface area contributed by atoms with Crippen molar-refractivity contribution in [2.75, 3.05) is 13.1 Å². The molecular weight excluding hydrogens is 265 g/mol. The Hall–Kier alpha value is -0.950. The van der Waals surface area contributed by atoms with E-state index in [1.807, 2.05) is 6.92 Å². The van der Waals surface area contributed by atoms with Crippen LogP contribution in [0.1, 0.15) is 34.4 Å². The van der Waals surface area contributed by atoms with Crippen molar-refractivity contribution in [1.29, 1.82) is 0 Å². The first-order valence-corrected chi connectivity index (χ1v) is 6.43. The van der Waals surface area contributed by atoms with Gasteiger partial charge in [-0.25, -0.2) is 4.98 Å². The lowest BCUT2D eigenvalue weighted by molar-refractivity contribution is -0.137. The lowest BCUT2D eigenvalue weighted by atomic mass is 9.77. The molecule has 0 atom stereocenters. The van der Waals surface area contributed by atoms with Crippen LogP contribution in [0.2, 0.25) is 0 Å². The SMILES string of the molecule is CC1(C(=O)c2cnc(C(F)(F)F)s2)CCNCC1. The van der Waals surface area contributed by atoms with Gasteiger partial charge in [0.2, 0.25) is 0 Å². The summed E-state index contributed by atoms with van der Waals surface area (Å²) in [5, 5.41) is 2.18. The monoisotopic (exact) mass is 278 g/mol. The molecule has 1 aromatic rings. The summed E-state index contributed by atoms with van der Waals surface area (Å²) in [5.74, 6) is -0.225. The maximum atomic E-state index is 12.4. The molecule has 0 radical (unpaired) electrons. The molecule has 18 heavy (non-hydrogen) atoms. The molecule has 0 saturated carbocycles. The van der Waals surface area contributed by atoms with Crippen LogP contribution in [0.15, 0.2) is 6.20 Å². The lowest BCUT2D eigenvalue weighted by Gasteiger charge is -2.31. The summed E-state index contributed by atoms with van der Waals surface area (Å²) in [6.45, 7) is 3.24. The van der Waals surface area contributed by atoms with E-state index < -0.39 is 16.6 Å². The Morgan fingerprint density at radius 1 is 1.44 bits per heavy atom. The van der Waals surface area contributed by atoms with E-state index in [2.05, 4.69) is 10.3 Å². The minimum atomic E-state index is -4.47. The maximum absolute atomic E-state index is 12.4. The van der Waals surface area contributed by atoms with E-state index >= 15 is 0 Å². The number of ketones is 1. The zero-order chi connectivity index (χ0) is 13.4. The maximum Gasteiger partial charge on any atom is 0.443 e. The van der Waals surface area contributed by atoms with Crippen molar-refractivity contribution in [1.82, 2.24) is 10.3 Å². The summed E-state index contributed by atoms with van der Waals surface area (Å²) >= 11 is 0.434. The third-order valence-corrected chi connectivity index (χ3v) is 4.27. The van der Waals surface area contributed by atoms with Gasteiger partial charge in [-0.2, -0.15) is 13.2 Å². The number of piperidine rings is 1. The Labute approximate surface area is 106 Å². The lowest BCUT2D eigenvalue weighted by Crippen LogP contribution is -2.39. The number of nitrogens with one attached hydrogen (secondary N) is 1. The largest absolute Gasteiger partial charge is 0.443 e. The molecular formula is C11H13F3N2OS. The minimum absolute atomic E-state index is 0.103. The zero-order valence-electron chi connectivity index (χ0n) is 9.80. The molecule has 0 aromatic carbocycles. The molecule has 2 heterocycles. The third kappa shape index (κ3) is 2.56. The van der Waals surface area contributed by atoms with Gasteiger partial charge in [-0.1, -0.05) is 6.92 Å². The molecule has 1 N–H and O–H groups in total. The summed E-state index contributed by atoms with van der Waals surface area (Å²) in [4.78, 5) is 15.6. The van der Waals surface area contributed by atoms with Crippen LogP contribution in [0, 0.1) is 5.41 Å². The fourth-order valence-electron chi connectivity index (χ4n) is 2.01. The fourth-order valence-corrected chi connectivity index (χ4v) is 2.89. The van der Waals surface area contributed by atoms with E-state index in [1.54, 1.807) is 0 Å². The van der Waals surface area contributed by atoms with E-state index in [1.165, 1.54) is 0 Å². The van der Waals surface area contributed by atoms with Crippen LogP contribution in [0.5, 0.6) is 0 Å². The topological polar surface area (TPSA) is 42.0 Å². The Bertz CT molecular complexity index is 449. The van der Waals surface area contributed by atoms with Crippen LogP contribution in [0.4, 0.5) is 13.2 Å². The van der Waals surface area contributed by atoms with Crippen LogP contribution >= 0.6 is 11.3 Å². The fraction of sp³-hybridized carbons (Fsp3) is 0.636. The van der Waals surface area contributed by atoms with Gasteiger partial charge >= 0.3 is 6.18 Å². The number of hydrogen-bond acceptors (Lipinski definition) is 4. The van der Waals surface area contributed by atoms with Gasteiger partial charge in [0.05, 0.1) is 4.88 Å². The standard InChI is InChI=1S/C11H13F3N2OS/c1-10(2-4-15-5-3-10)8(17)7-6-16-9(18-7)11(12,13)14/h6,15H,2-5H2,1H3. The first-order chi connectivity index (χ1) is 8.33. The number of carbonyl (C=O) groups excluding carboxylic acids is 1. The smallest absolute Gasteiger partial charge is 0.317 e. The van der Waals surface area contributed by atoms with E-state index in [-0.39, 0.29) is 10.7 Å². The van der Waals surface area contributed by atoms with Crippen molar-refractivity contribution >= 4 is 17.1 Å². The van der Waals surface area contributed by atoms with Crippen molar-refractivity contribution in [3.05, 3.63) is 16.1 Å². The second-order valence-corrected chi connectivity index (χ2v) is 5.70. The molecule has 2 rings (SSSR count). The Morgan fingerprint density at radius 2 is 2.06 bits per heavy atom. The van der Waals surface area contributed by atoms with Crippen LogP contribution in [-0.2, 0) is 6.18 Å². The van der Waals surface area contributed by atoms with Crippen molar-refractivity contribution < 1.29 is 18.0 Å². The number of Topliss-reactive ketones (excluding diaryl/α,β-unsaturated/α-hetero) is 1. The molecule has 0 unspecified atom stereocenters. The molecule has 0 amide bonds. The highest BCUT2D eigenvalue weighted by molar-refractivity contribution is 7.13. The summed E-state index contributed by atoms with van der Waals surface area (Å²) in [5.41, 5.74) is -0.569. The molecule has 1 fully saturated rings. The predicted octanol–water partition coefficient (Wildman–Crippen LogP) is 2.73. The van der Waals surface area contributed by atoms with Gasteiger partial charge in [0.1, 0.15) is 0 Å². The van der Waals surface area contributed by atoms with Crippen LogP contribution in [0.3, 0.4) is 0 Å². The molecule has 7 heteroatoms. The van der Waals surface area contributed by atoms with Crippen LogP contribution in [0.25, 0.3) is 0 Å². The number of alkyl halides is 3. The zero-order valence-corrected chi connectivity index (χ0v) is 10.6. The second kappa shape index (κ2) is 4.62. The van der Waals surface area contributed by atoms with Crippen LogP contribution in [-0.4, -0.2) is 23.9 Å². The van der Waals surface area contributed by atoms with Crippen molar-refractivity contribution in [2.45, 2.75) is 25.9 Å². The van der Waals surface area contributed by atoms with Crippen molar-refractivity contribution in [3.8, 4) is 0 Å². The Kier molecular flexibility index (Phi) is 3.46. The van der Waals surface area contributed by atoms with E-state index in [0.717, 1.165) is 6.20 Å². The van der Waals surface area contributed by atoms with E-state index in [0.29, 0.717) is 37.3 Å². The molecule has 3 nitrogen and oxygen atoms in total. The second-order valence-electron chi connectivity index (χ2n) is 4.67. The van der Waals surface area contributed by atoms with Gasteiger partial charge in [0, 0.05) is 11.6 Å². The quantitative estimate of drug-likeness (QED) is 0.846. The molecule has 0 aliphatic carbocycles. The van der Waals surface area contributed by atoms with Gasteiger partial charge in [-0.05, 0) is 25.9 Å². The van der Waals surface area contributed by atoms with Gasteiger partial charge in [-0.3, -0.25) is 4.79 Å². The average Bonchev–Trinajstić information content (AvgIpc) is 2.77. The molecule has 100 valence electrons. The highest BCUT2D eigenvalue weighted by Crippen LogP contribution is 2.37. The molecule has 1 aliphatic heterocycles. The molecule has 0 spiro atoms. The molecule has 1 aromatic heterocycles. The number of hydrogen-bond donors (Lipinski definition) is 1. The number of carbonyl (C=O) groups is 1. The molecule has 1 saturated heterocycles. The highest BCUT2D eigenvalue weighted by atomic mass is 32.1. The number of rotatable bonds is 2. The first kappa shape index (κ1) is 13.5. The summed E-state index contributed by atoms with van der Waals surface area (Å²) in [6.07, 6.45) is -2.14. The van der Waals surface area contributed by atoms with E-state index in [9.17, 15) is 18.0 Å². The summed E-state index contributed by atoms with van der Waals surface area (Å²) in [7, 11) is 0. The Balaban J connectivity index is 2.21. The van der Waals surface area contributed by atoms with E-state index in [4.69, 9.17) is 0 Å². The average molecular weight is 278 g/mol. The normalized spacial score (nSPS) is 19.8. The molecule has 1 aliphatic rings. The number of aromatic nitrogens is 1. The van der Waals surface area contributed by atoms with Crippen molar-refractivity contribution in [3.63, 3.8) is 0 Å². The Morgan fingerprint density at radius 3 is 2.56 bits per heavy atom. The van der Waals surface area contributed by atoms with Crippen molar-refractivity contribution in [2.24, 2.45) is 5.41 Å². The van der Waals surface area contributed by atoms with Crippen LogP contribution < -0.4 is 5.32 Å². The van der Waals surface area contributed by atoms with Gasteiger partial charge in [-0.15, -0.1) is 11.3 Å².